The second-order valence-electron chi connectivity index (χ2n) is 7.72. The van der Waals surface area contributed by atoms with Crippen LogP contribution in [-0.4, -0.2) is 24.5 Å². The van der Waals surface area contributed by atoms with E-state index in [0.717, 1.165) is 39.2 Å². The largest absolute Gasteiger partial charge is 0.452 e. The maximum atomic E-state index is 13.1. The average molecular weight is 395 g/mol. The van der Waals surface area contributed by atoms with Gasteiger partial charge in [-0.2, -0.15) is 0 Å². The van der Waals surface area contributed by atoms with Crippen molar-refractivity contribution in [1.29, 1.82) is 0 Å². The lowest BCUT2D eigenvalue weighted by molar-refractivity contribution is -0.122. The monoisotopic (exact) mass is 395 g/mol. The first-order chi connectivity index (χ1) is 14.6. The van der Waals surface area contributed by atoms with Crippen LogP contribution in [0.1, 0.15) is 22.8 Å². The predicted octanol–water partition coefficient (Wildman–Crippen LogP) is 5.13. The molecule has 4 nitrogen and oxygen atoms in total. The van der Waals surface area contributed by atoms with Gasteiger partial charge in [-0.15, -0.1) is 0 Å². The van der Waals surface area contributed by atoms with Crippen molar-refractivity contribution in [3.05, 3.63) is 90.0 Å². The summed E-state index contributed by atoms with van der Waals surface area (Å²) >= 11 is 0. The van der Waals surface area contributed by atoms with Crippen LogP contribution in [-0.2, 0) is 16.0 Å². The van der Waals surface area contributed by atoms with E-state index < -0.39 is 5.97 Å². The second-order valence-corrected chi connectivity index (χ2v) is 7.72. The van der Waals surface area contributed by atoms with Gasteiger partial charge >= 0.3 is 5.97 Å². The Morgan fingerprint density at radius 1 is 0.900 bits per heavy atom. The normalized spacial score (nSPS) is 15.4. The van der Waals surface area contributed by atoms with E-state index >= 15 is 0 Å². The van der Waals surface area contributed by atoms with Crippen molar-refractivity contribution in [3.8, 4) is 0 Å². The molecule has 0 radical (unpaired) electrons. The molecule has 0 bridgehead atoms. The number of anilines is 1. The third-order valence-electron chi connectivity index (χ3n) is 5.78. The van der Waals surface area contributed by atoms with Crippen LogP contribution in [0, 0.1) is 0 Å². The molecule has 1 amide bonds. The number of benzene rings is 4. The number of rotatable bonds is 3. The maximum Gasteiger partial charge on any atom is 0.339 e. The standard InChI is InChI=1S/C26H21NO3/c1-17-14-20-10-4-7-13-23(20)27(17)24(28)16-30-26(29)25-21-11-5-2-8-18(21)15-19-9-3-6-12-22(19)25/h2-13,15,17H,14,16H2,1H3/t17-/m1/s1. The zero-order valence-electron chi connectivity index (χ0n) is 16.7. The molecule has 1 heterocycles. The molecule has 1 aliphatic heterocycles. The SMILES string of the molecule is C[C@@H]1Cc2ccccc2N1C(=O)COC(=O)c1c2ccccc2cc2ccccc12. The molecule has 0 saturated heterocycles. The molecule has 4 aromatic rings. The van der Waals surface area contributed by atoms with Gasteiger partial charge in [-0.1, -0.05) is 66.7 Å². The molecule has 0 unspecified atom stereocenters. The predicted molar refractivity (Wildman–Crippen MR) is 119 cm³/mol. The lowest BCUT2D eigenvalue weighted by Crippen LogP contribution is -2.38. The van der Waals surface area contributed by atoms with Crippen molar-refractivity contribution in [2.45, 2.75) is 19.4 Å². The van der Waals surface area contributed by atoms with Crippen LogP contribution < -0.4 is 4.90 Å². The van der Waals surface area contributed by atoms with E-state index in [1.165, 1.54) is 0 Å². The van der Waals surface area contributed by atoms with Crippen LogP contribution in [0.3, 0.4) is 0 Å². The first-order valence-electron chi connectivity index (χ1n) is 10.1. The van der Waals surface area contributed by atoms with Gasteiger partial charge in [0.05, 0.1) is 5.56 Å². The molecule has 4 aromatic carbocycles. The summed E-state index contributed by atoms with van der Waals surface area (Å²) in [6, 6.07) is 25.5. The number of amides is 1. The summed E-state index contributed by atoms with van der Waals surface area (Å²) in [6.45, 7) is 1.73. The Morgan fingerprint density at radius 2 is 1.50 bits per heavy atom. The summed E-state index contributed by atoms with van der Waals surface area (Å²) in [6.07, 6.45) is 0.809. The van der Waals surface area contributed by atoms with Crippen molar-refractivity contribution in [2.24, 2.45) is 0 Å². The van der Waals surface area contributed by atoms with E-state index in [9.17, 15) is 9.59 Å². The number of nitrogens with zero attached hydrogens (tertiary/aromatic N) is 1. The van der Waals surface area contributed by atoms with Gasteiger partial charge in [0.2, 0.25) is 0 Å². The summed E-state index contributed by atoms with van der Waals surface area (Å²) in [5, 5.41) is 3.59. The fraction of sp³-hybridized carbons (Fsp3) is 0.154. The lowest BCUT2D eigenvalue weighted by Gasteiger charge is -2.22. The summed E-state index contributed by atoms with van der Waals surface area (Å²) in [4.78, 5) is 27.8. The van der Waals surface area contributed by atoms with Gasteiger partial charge in [-0.05, 0) is 52.6 Å². The third kappa shape index (κ3) is 3.01. The molecule has 1 atom stereocenters. The number of fused-ring (bicyclic) bond motifs is 3. The van der Waals surface area contributed by atoms with Crippen molar-refractivity contribution in [1.82, 2.24) is 0 Å². The number of ether oxygens (including phenoxy) is 1. The first-order valence-corrected chi connectivity index (χ1v) is 10.1. The molecule has 148 valence electrons. The fourth-order valence-corrected chi connectivity index (χ4v) is 4.45. The minimum Gasteiger partial charge on any atom is -0.452 e. The van der Waals surface area contributed by atoms with Gasteiger partial charge in [-0.3, -0.25) is 4.79 Å². The van der Waals surface area contributed by atoms with Crippen molar-refractivity contribution >= 4 is 39.1 Å². The molecule has 0 aromatic heterocycles. The topological polar surface area (TPSA) is 46.6 Å². The molecule has 0 spiro atoms. The zero-order valence-corrected chi connectivity index (χ0v) is 16.7. The minimum absolute atomic E-state index is 0.0481. The molecule has 0 N–H and O–H groups in total. The van der Waals surface area contributed by atoms with Crippen LogP contribution in [0.15, 0.2) is 78.9 Å². The molecule has 0 fully saturated rings. The van der Waals surface area contributed by atoms with Crippen LogP contribution in [0.2, 0.25) is 0 Å². The Hall–Kier alpha value is -3.66. The van der Waals surface area contributed by atoms with Gasteiger partial charge in [0.25, 0.3) is 5.91 Å². The molecule has 0 saturated carbocycles. The van der Waals surface area contributed by atoms with Gasteiger partial charge < -0.3 is 9.64 Å². The Bertz CT molecular complexity index is 1240. The highest BCUT2D eigenvalue weighted by Gasteiger charge is 2.31. The number of esters is 1. The van der Waals surface area contributed by atoms with Crippen LogP contribution in [0.25, 0.3) is 21.5 Å². The maximum absolute atomic E-state index is 13.1. The van der Waals surface area contributed by atoms with Crippen LogP contribution in [0.4, 0.5) is 5.69 Å². The molecule has 1 aliphatic rings. The molecular formula is C26H21NO3. The molecular weight excluding hydrogens is 374 g/mol. The summed E-state index contributed by atoms with van der Waals surface area (Å²) in [5.41, 5.74) is 2.55. The average Bonchev–Trinajstić information content (AvgIpc) is 3.11. The number of para-hydroxylation sites is 1. The molecule has 30 heavy (non-hydrogen) atoms. The van der Waals surface area contributed by atoms with Gasteiger partial charge in [0.15, 0.2) is 6.61 Å². The van der Waals surface area contributed by atoms with Gasteiger partial charge in [-0.25, -0.2) is 4.79 Å². The lowest BCUT2D eigenvalue weighted by atomic mass is 9.97. The van der Waals surface area contributed by atoms with E-state index in [0.29, 0.717) is 5.56 Å². The van der Waals surface area contributed by atoms with E-state index in [4.69, 9.17) is 4.74 Å². The molecule has 5 rings (SSSR count). The van der Waals surface area contributed by atoms with E-state index in [2.05, 4.69) is 6.07 Å². The Labute approximate surface area is 174 Å². The highest BCUT2D eigenvalue weighted by atomic mass is 16.5. The summed E-state index contributed by atoms with van der Waals surface area (Å²) < 4.78 is 5.55. The fourth-order valence-electron chi connectivity index (χ4n) is 4.45. The smallest absolute Gasteiger partial charge is 0.339 e. The number of hydrogen-bond acceptors (Lipinski definition) is 3. The highest BCUT2D eigenvalue weighted by Crippen LogP contribution is 2.32. The molecule has 0 aliphatic carbocycles. The molecule has 4 heteroatoms. The number of carbonyl (C=O) groups is 2. The summed E-state index contributed by atoms with van der Waals surface area (Å²) in [7, 11) is 0. The third-order valence-corrected chi connectivity index (χ3v) is 5.78. The first kappa shape index (κ1) is 18.4. The zero-order chi connectivity index (χ0) is 20.7. The van der Waals surface area contributed by atoms with E-state index in [1.807, 2.05) is 79.7 Å². The number of hydrogen-bond donors (Lipinski definition) is 0. The highest BCUT2D eigenvalue weighted by molar-refractivity contribution is 6.16. The Morgan fingerprint density at radius 3 is 2.20 bits per heavy atom. The Kier molecular flexibility index (Phi) is 4.47. The minimum atomic E-state index is -0.475. The quantitative estimate of drug-likeness (QED) is 0.357. The van der Waals surface area contributed by atoms with Crippen LogP contribution in [0.5, 0.6) is 0 Å². The van der Waals surface area contributed by atoms with Crippen LogP contribution >= 0.6 is 0 Å². The van der Waals surface area contributed by atoms with Crippen molar-refractivity contribution in [2.75, 3.05) is 11.5 Å². The number of carbonyl (C=O) groups excluding carboxylic acids is 2. The Balaban J connectivity index is 1.45. The van der Waals surface area contributed by atoms with Crippen molar-refractivity contribution in [3.63, 3.8) is 0 Å². The van der Waals surface area contributed by atoms with E-state index in [1.54, 1.807) is 4.90 Å². The van der Waals surface area contributed by atoms with Gasteiger partial charge in [0.1, 0.15) is 0 Å². The van der Waals surface area contributed by atoms with Crippen molar-refractivity contribution < 1.29 is 14.3 Å². The summed E-state index contributed by atoms with van der Waals surface area (Å²) in [5.74, 6) is -0.679. The van der Waals surface area contributed by atoms with E-state index in [-0.39, 0.29) is 18.6 Å². The van der Waals surface area contributed by atoms with Gasteiger partial charge in [0, 0.05) is 11.7 Å². The second kappa shape index (κ2) is 7.30.